The minimum absolute atomic E-state index is 0.0191. The molecule has 0 aliphatic rings. The van der Waals surface area contributed by atoms with Crippen molar-refractivity contribution in [1.29, 1.82) is 0 Å². The third-order valence-corrected chi connectivity index (χ3v) is 5.33. The van der Waals surface area contributed by atoms with Crippen LogP contribution in [0.15, 0.2) is 59.7 Å². The van der Waals surface area contributed by atoms with Gasteiger partial charge in [-0.3, -0.25) is 5.43 Å². The van der Waals surface area contributed by atoms with Gasteiger partial charge in [0.15, 0.2) is 11.6 Å². The Hall–Kier alpha value is -3.35. The first kappa shape index (κ1) is 19.9. The van der Waals surface area contributed by atoms with Gasteiger partial charge in [-0.25, -0.2) is 9.97 Å². The number of halogens is 2. The predicted octanol–water partition coefficient (Wildman–Crippen LogP) is 5.77. The molecule has 3 aromatic carbocycles. The maximum absolute atomic E-state index is 10.2. The fraction of sp³-hybridized carbons (Fsp3) is 0.0455. The standard InChI is InChI=1S/C22H16Cl2N4O2/c1-12-19(29)9-7-14(20(12)30)11-25-28-22-15-4-2-3-5-18(15)26-21(27-22)13-6-8-16(23)17(24)10-13/h2-11,29-30H,1H3,(H,26,27,28)/b25-11-. The van der Waals surface area contributed by atoms with Crippen LogP contribution >= 0.6 is 23.2 Å². The van der Waals surface area contributed by atoms with Crippen molar-refractivity contribution in [2.45, 2.75) is 6.92 Å². The number of phenolic OH excluding ortho intramolecular Hbond substituents is 2. The molecule has 0 aliphatic heterocycles. The second-order valence-corrected chi connectivity index (χ2v) is 7.37. The Morgan fingerprint density at radius 3 is 2.57 bits per heavy atom. The molecule has 6 nitrogen and oxygen atoms in total. The lowest BCUT2D eigenvalue weighted by molar-refractivity contribution is 0.442. The van der Waals surface area contributed by atoms with Crippen molar-refractivity contribution in [3.63, 3.8) is 0 Å². The lowest BCUT2D eigenvalue weighted by Crippen LogP contribution is -1.99. The van der Waals surface area contributed by atoms with Gasteiger partial charge in [-0.2, -0.15) is 5.10 Å². The average molecular weight is 439 g/mol. The van der Waals surface area contributed by atoms with Gasteiger partial charge in [0.25, 0.3) is 0 Å². The molecule has 0 fully saturated rings. The number of hydrogen-bond donors (Lipinski definition) is 3. The molecule has 0 spiro atoms. The van der Waals surface area contributed by atoms with Gasteiger partial charge in [0.2, 0.25) is 0 Å². The minimum atomic E-state index is -0.0374. The molecule has 3 N–H and O–H groups in total. The number of para-hydroxylation sites is 1. The smallest absolute Gasteiger partial charge is 0.162 e. The van der Waals surface area contributed by atoms with E-state index < -0.39 is 0 Å². The normalized spacial score (nSPS) is 11.3. The molecule has 0 amide bonds. The van der Waals surface area contributed by atoms with Crippen LogP contribution in [0.5, 0.6) is 11.5 Å². The summed E-state index contributed by atoms with van der Waals surface area (Å²) in [4.78, 5) is 9.19. The van der Waals surface area contributed by atoms with Crippen LogP contribution in [0.1, 0.15) is 11.1 Å². The molecule has 150 valence electrons. The molecule has 4 rings (SSSR count). The zero-order valence-electron chi connectivity index (χ0n) is 15.8. The van der Waals surface area contributed by atoms with Gasteiger partial charge in [0, 0.05) is 22.1 Å². The van der Waals surface area contributed by atoms with E-state index in [0.717, 1.165) is 10.9 Å². The van der Waals surface area contributed by atoms with Crippen LogP contribution in [0.25, 0.3) is 22.3 Å². The van der Waals surface area contributed by atoms with Crippen molar-refractivity contribution in [3.05, 3.63) is 75.8 Å². The van der Waals surface area contributed by atoms with Crippen molar-refractivity contribution in [3.8, 4) is 22.9 Å². The third-order valence-electron chi connectivity index (χ3n) is 4.59. The summed E-state index contributed by atoms with van der Waals surface area (Å²) in [5.41, 5.74) is 5.21. The van der Waals surface area contributed by atoms with E-state index in [1.807, 2.05) is 24.3 Å². The molecule has 0 saturated carbocycles. The highest BCUT2D eigenvalue weighted by atomic mass is 35.5. The Kier molecular flexibility index (Phi) is 5.44. The molecule has 0 radical (unpaired) electrons. The van der Waals surface area contributed by atoms with E-state index in [-0.39, 0.29) is 11.5 Å². The lowest BCUT2D eigenvalue weighted by Gasteiger charge is -2.09. The summed E-state index contributed by atoms with van der Waals surface area (Å²) in [6, 6.07) is 15.8. The van der Waals surface area contributed by atoms with Gasteiger partial charge in [0.05, 0.1) is 21.8 Å². The van der Waals surface area contributed by atoms with E-state index in [1.54, 1.807) is 31.2 Å². The van der Waals surface area contributed by atoms with Gasteiger partial charge >= 0.3 is 0 Å². The second kappa shape index (κ2) is 8.18. The molecular formula is C22H16Cl2N4O2. The number of hydrazone groups is 1. The van der Waals surface area contributed by atoms with Crippen LogP contribution < -0.4 is 5.43 Å². The first-order valence-corrected chi connectivity index (χ1v) is 9.72. The van der Waals surface area contributed by atoms with Gasteiger partial charge < -0.3 is 10.2 Å². The quantitative estimate of drug-likeness (QED) is 0.278. The number of nitrogens with one attached hydrogen (secondary N) is 1. The van der Waals surface area contributed by atoms with Crippen LogP contribution in [-0.4, -0.2) is 26.4 Å². The highest BCUT2D eigenvalue weighted by Crippen LogP contribution is 2.30. The number of aromatic hydroxyl groups is 2. The highest BCUT2D eigenvalue weighted by Gasteiger charge is 2.11. The van der Waals surface area contributed by atoms with Gasteiger partial charge in [0.1, 0.15) is 11.5 Å². The fourth-order valence-electron chi connectivity index (χ4n) is 2.90. The van der Waals surface area contributed by atoms with Crippen molar-refractivity contribution in [2.75, 3.05) is 5.43 Å². The van der Waals surface area contributed by atoms with Crippen molar-refractivity contribution in [2.24, 2.45) is 5.10 Å². The van der Waals surface area contributed by atoms with E-state index in [4.69, 9.17) is 23.2 Å². The van der Waals surface area contributed by atoms with Crippen LogP contribution in [-0.2, 0) is 0 Å². The molecule has 0 bridgehead atoms. The van der Waals surface area contributed by atoms with Gasteiger partial charge in [-0.05, 0) is 49.4 Å². The summed E-state index contributed by atoms with van der Waals surface area (Å²) >= 11 is 12.2. The van der Waals surface area contributed by atoms with Crippen molar-refractivity contribution >= 4 is 46.1 Å². The van der Waals surface area contributed by atoms with Crippen molar-refractivity contribution < 1.29 is 10.2 Å². The molecule has 1 aromatic heterocycles. The van der Waals surface area contributed by atoms with Gasteiger partial charge in [-0.15, -0.1) is 0 Å². The third kappa shape index (κ3) is 3.87. The van der Waals surface area contributed by atoms with Crippen LogP contribution in [0, 0.1) is 6.92 Å². The molecule has 0 saturated heterocycles. The lowest BCUT2D eigenvalue weighted by atomic mass is 10.1. The zero-order valence-corrected chi connectivity index (χ0v) is 17.3. The average Bonchev–Trinajstić information content (AvgIpc) is 2.75. The van der Waals surface area contributed by atoms with E-state index in [2.05, 4.69) is 20.5 Å². The molecule has 4 aromatic rings. The first-order valence-electron chi connectivity index (χ1n) is 8.97. The number of nitrogens with zero attached hydrogens (tertiary/aromatic N) is 3. The highest BCUT2D eigenvalue weighted by molar-refractivity contribution is 6.42. The summed E-state index contributed by atoms with van der Waals surface area (Å²) in [6.07, 6.45) is 1.46. The maximum Gasteiger partial charge on any atom is 0.162 e. The number of benzene rings is 3. The van der Waals surface area contributed by atoms with Crippen molar-refractivity contribution in [1.82, 2.24) is 9.97 Å². The molecule has 1 heterocycles. The maximum atomic E-state index is 10.2. The Labute approximate surface area is 182 Å². The summed E-state index contributed by atoms with van der Waals surface area (Å²) in [5.74, 6) is 0.941. The molecule has 30 heavy (non-hydrogen) atoms. The summed E-state index contributed by atoms with van der Waals surface area (Å²) < 4.78 is 0. The van der Waals surface area contributed by atoms with E-state index in [1.165, 1.54) is 12.3 Å². The first-order chi connectivity index (χ1) is 14.4. The Morgan fingerprint density at radius 1 is 0.967 bits per heavy atom. The molecular weight excluding hydrogens is 423 g/mol. The number of anilines is 1. The largest absolute Gasteiger partial charge is 0.508 e. The molecule has 0 atom stereocenters. The zero-order chi connectivity index (χ0) is 21.3. The summed E-state index contributed by atoms with van der Waals surface area (Å²) in [5, 5.41) is 25.7. The number of hydrogen-bond acceptors (Lipinski definition) is 6. The van der Waals surface area contributed by atoms with Gasteiger partial charge in [-0.1, -0.05) is 35.3 Å². The van der Waals surface area contributed by atoms with Crippen LogP contribution in [0.2, 0.25) is 10.0 Å². The van der Waals surface area contributed by atoms with E-state index >= 15 is 0 Å². The minimum Gasteiger partial charge on any atom is -0.508 e. The number of rotatable bonds is 4. The predicted molar refractivity (Wildman–Crippen MR) is 121 cm³/mol. The van der Waals surface area contributed by atoms with E-state index in [9.17, 15) is 10.2 Å². The number of aromatic nitrogens is 2. The van der Waals surface area contributed by atoms with Crippen LogP contribution in [0.4, 0.5) is 5.82 Å². The Bertz CT molecular complexity index is 1290. The monoisotopic (exact) mass is 438 g/mol. The SMILES string of the molecule is Cc1c(O)ccc(/C=N\Nc2nc(-c3ccc(Cl)c(Cl)c3)nc3ccccc23)c1O. The number of phenols is 2. The van der Waals surface area contributed by atoms with E-state index in [0.29, 0.717) is 38.4 Å². The molecule has 8 heteroatoms. The second-order valence-electron chi connectivity index (χ2n) is 6.56. The Morgan fingerprint density at radius 2 is 1.77 bits per heavy atom. The summed E-state index contributed by atoms with van der Waals surface area (Å²) in [7, 11) is 0. The number of fused-ring (bicyclic) bond motifs is 1. The molecule has 0 aliphatic carbocycles. The van der Waals surface area contributed by atoms with Crippen LogP contribution in [0.3, 0.4) is 0 Å². The molecule has 0 unspecified atom stereocenters. The fourth-order valence-corrected chi connectivity index (χ4v) is 3.20. The summed E-state index contributed by atoms with van der Waals surface area (Å²) in [6.45, 7) is 1.62. The Balaban J connectivity index is 1.73. The topological polar surface area (TPSA) is 90.6 Å².